The van der Waals surface area contributed by atoms with E-state index in [1.165, 1.54) is 5.56 Å². The first-order valence-electron chi connectivity index (χ1n) is 9.96. The Morgan fingerprint density at radius 2 is 1.96 bits per heavy atom. The highest BCUT2D eigenvalue weighted by molar-refractivity contribution is 5.69. The molecule has 0 spiro atoms. The molecule has 0 atom stereocenters. The molecule has 1 aliphatic heterocycles. The number of hydrogen-bond donors (Lipinski definition) is 0. The van der Waals surface area contributed by atoms with Crippen LogP contribution in [0.4, 0.5) is 0 Å². The SMILES string of the molecule is CCCCCC(=O)OCCC1(CC#N)CCN(Cc2ccccc2)CC1. The van der Waals surface area contributed by atoms with E-state index in [0.29, 0.717) is 19.4 Å². The van der Waals surface area contributed by atoms with Crippen LogP contribution in [0.3, 0.4) is 0 Å². The minimum atomic E-state index is -0.0907. The number of unbranched alkanes of at least 4 members (excludes halogenated alkanes) is 2. The van der Waals surface area contributed by atoms with Crippen LogP contribution >= 0.6 is 0 Å². The summed E-state index contributed by atoms with van der Waals surface area (Å²) in [5, 5.41) is 9.27. The predicted octanol–water partition coefficient (Wildman–Crippen LogP) is 4.70. The molecule has 0 amide bonds. The number of carbonyl (C=O) groups excluding carboxylic acids is 1. The summed E-state index contributed by atoms with van der Waals surface area (Å²) in [7, 11) is 0. The van der Waals surface area contributed by atoms with Gasteiger partial charge in [-0.1, -0.05) is 50.1 Å². The number of esters is 1. The van der Waals surface area contributed by atoms with Crippen molar-refractivity contribution in [2.45, 2.75) is 64.8 Å². The minimum absolute atomic E-state index is 0.00559. The molecular formula is C22H32N2O2. The van der Waals surface area contributed by atoms with Gasteiger partial charge in [-0.15, -0.1) is 0 Å². The highest BCUT2D eigenvalue weighted by Gasteiger charge is 2.34. The maximum Gasteiger partial charge on any atom is 0.305 e. The maximum absolute atomic E-state index is 11.8. The second-order valence-corrected chi connectivity index (χ2v) is 7.52. The molecule has 0 aliphatic carbocycles. The van der Waals surface area contributed by atoms with E-state index in [4.69, 9.17) is 4.74 Å². The van der Waals surface area contributed by atoms with Crippen molar-refractivity contribution in [2.75, 3.05) is 19.7 Å². The number of carbonyl (C=O) groups is 1. The van der Waals surface area contributed by atoms with E-state index in [9.17, 15) is 10.1 Å². The van der Waals surface area contributed by atoms with Crippen LogP contribution in [0.2, 0.25) is 0 Å². The number of hydrogen-bond acceptors (Lipinski definition) is 4. The van der Waals surface area contributed by atoms with Gasteiger partial charge >= 0.3 is 5.97 Å². The Balaban J connectivity index is 1.76. The molecule has 142 valence electrons. The third-order valence-corrected chi connectivity index (χ3v) is 5.50. The monoisotopic (exact) mass is 356 g/mol. The van der Waals surface area contributed by atoms with Crippen molar-refractivity contribution in [1.82, 2.24) is 4.90 Å². The molecule has 0 aromatic heterocycles. The number of likely N-dealkylation sites (tertiary alicyclic amines) is 1. The smallest absolute Gasteiger partial charge is 0.305 e. The summed E-state index contributed by atoms with van der Waals surface area (Å²) in [6, 6.07) is 12.9. The molecule has 1 fully saturated rings. The molecule has 1 aromatic carbocycles. The first-order valence-corrected chi connectivity index (χ1v) is 9.96. The van der Waals surface area contributed by atoms with Crippen LogP contribution < -0.4 is 0 Å². The zero-order valence-corrected chi connectivity index (χ0v) is 16.1. The average molecular weight is 357 g/mol. The number of piperidine rings is 1. The lowest BCUT2D eigenvalue weighted by molar-refractivity contribution is -0.144. The summed E-state index contributed by atoms with van der Waals surface area (Å²) < 4.78 is 5.42. The van der Waals surface area contributed by atoms with Gasteiger partial charge in [-0.05, 0) is 49.8 Å². The first-order chi connectivity index (χ1) is 12.7. The summed E-state index contributed by atoms with van der Waals surface area (Å²) in [4.78, 5) is 14.2. The second-order valence-electron chi connectivity index (χ2n) is 7.52. The van der Waals surface area contributed by atoms with Crippen LogP contribution in [0, 0.1) is 16.7 Å². The molecule has 1 heterocycles. The fourth-order valence-electron chi connectivity index (χ4n) is 3.68. The van der Waals surface area contributed by atoms with Gasteiger partial charge in [0.05, 0.1) is 12.7 Å². The van der Waals surface area contributed by atoms with Gasteiger partial charge < -0.3 is 4.74 Å². The lowest BCUT2D eigenvalue weighted by Crippen LogP contribution is -2.40. The number of benzene rings is 1. The normalized spacial score (nSPS) is 16.8. The van der Waals surface area contributed by atoms with E-state index >= 15 is 0 Å². The summed E-state index contributed by atoms with van der Waals surface area (Å²) in [6.45, 7) is 5.55. The Kier molecular flexibility index (Phi) is 8.64. The van der Waals surface area contributed by atoms with Gasteiger partial charge in [0.1, 0.15) is 0 Å². The van der Waals surface area contributed by atoms with Gasteiger partial charge in [0.25, 0.3) is 0 Å². The van der Waals surface area contributed by atoms with Crippen LogP contribution in [-0.2, 0) is 16.1 Å². The van der Waals surface area contributed by atoms with Crippen LogP contribution in [0.1, 0.15) is 63.9 Å². The standard InChI is InChI=1S/C22H32N2O2/c1-2-3-5-10-21(25)26-18-14-22(11-15-23)12-16-24(17-13-22)19-20-8-6-4-7-9-20/h4,6-9H,2-3,5,10-14,16-19H2,1H3. The van der Waals surface area contributed by atoms with Gasteiger partial charge in [0.15, 0.2) is 0 Å². The molecule has 0 bridgehead atoms. The molecule has 4 heteroatoms. The predicted molar refractivity (Wildman–Crippen MR) is 103 cm³/mol. The summed E-state index contributed by atoms with van der Waals surface area (Å²) in [5.74, 6) is -0.0907. The Labute approximate surface area is 158 Å². The topological polar surface area (TPSA) is 53.3 Å². The summed E-state index contributed by atoms with van der Waals surface area (Å²) in [5.41, 5.74) is 1.34. The van der Waals surface area contributed by atoms with Crippen LogP contribution in [0.15, 0.2) is 30.3 Å². The molecule has 4 nitrogen and oxygen atoms in total. The lowest BCUT2D eigenvalue weighted by Gasteiger charge is -2.40. The fraction of sp³-hybridized carbons (Fsp3) is 0.636. The second kappa shape index (κ2) is 11.0. The Morgan fingerprint density at radius 3 is 2.62 bits per heavy atom. The van der Waals surface area contributed by atoms with Gasteiger partial charge in [-0.2, -0.15) is 5.26 Å². The lowest BCUT2D eigenvalue weighted by atomic mass is 9.73. The summed E-state index contributed by atoms with van der Waals surface area (Å²) >= 11 is 0. The average Bonchev–Trinajstić information content (AvgIpc) is 2.65. The van der Waals surface area contributed by atoms with Gasteiger partial charge in [-0.25, -0.2) is 0 Å². The molecule has 0 radical (unpaired) electrons. The fourth-order valence-corrected chi connectivity index (χ4v) is 3.68. The van der Waals surface area contributed by atoms with Crippen LogP contribution in [-0.4, -0.2) is 30.6 Å². The number of ether oxygens (including phenoxy) is 1. The molecule has 0 unspecified atom stereocenters. The van der Waals surface area contributed by atoms with Crippen molar-refractivity contribution < 1.29 is 9.53 Å². The number of nitrogens with zero attached hydrogens (tertiary/aromatic N) is 2. The largest absolute Gasteiger partial charge is 0.466 e. The van der Waals surface area contributed by atoms with Gasteiger partial charge in [0, 0.05) is 19.4 Å². The van der Waals surface area contributed by atoms with Crippen molar-refractivity contribution in [1.29, 1.82) is 5.26 Å². The van der Waals surface area contributed by atoms with Crippen molar-refractivity contribution in [3.05, 3.63) is 35.9 Å². The number of nitriles is 1. The van der Waals surface area contributed by atoms with Gasteiger partial charge in [-0.3, -0.25) is 9.69 Å². The molecule has 1 saturated heterocycles. The molecular weight excluding hydrogens is 324 g/mol. The van der Waals surface area contributed by atoms with E-state index in [1.54, 1.807) is 0 Å². The van der Waals surface area contributed by atoms with E-state index in [-0.39, 0.29) is 11.4 Å². The molecule has 26 heavy (non-hydrogen) atoms. The maximum atomic E-state index is 11.8. The van der Waals surface area contributed by atoms with Crippen LogP contribution in [0.25, 0.3) is 0 Å². The number of rotatable bonds is 10. The van der Waals surface area contributed by atoms with Crippen LogP contribution in [0.5, 0.6) is 0 Å². The first kappa shape index (κ1) is 20.5. The van der Waals surface area contributed by atoms with Crippen molar-refractivity contribution in [3.63, 3.8) is 0 Å². The van der Waals surface area contributed by atoms with Crippen molar-refractivity contribution in [3.8, 4) is 6.07 Å². The van der Waals surface area contributed by atoms with E-state index in [0.717, 1.165) is 58.2 Å². The zero-order chi connectivity index (χ0) is 18.7. The molecule has 1 aromatic rings. The Bertz CT molecular complexity index is 572. The quantitative estimate of drug-likeness (QED) is 0.450. The Morgan fingerprint density at radius 1 is 1.23 bits per heavy atom. The third-order valence-electron chi connectivity index (χ3n) is 5.50. The summed E-state index contributed by atoms with van der Waals surface area (Å²) in [6.07, 6.45) is 6.97. The van der Waals surface area contributed by atoms with Crippen molar-refractivity contribution in [2.24, 2.45) is 5.41 Å². The zero-order valence-electron chi connectivity index (χ0n) is 16.1. The van der Waals surface area contributed by atoms with E-state index in [1.807, 2.05) is 6.07 Å². The highest BCUT2D eigenvalue weighted by atomic mass is 16.5. The molecule has 0 N–H and O–H groups in total. The van der Waals surface area contributed by atoms with E-state index < -0.39 is 0 Å². The molecule has 0 saturated carbocycles. The molecule has 2 rings (SSSR count). The minimum Gasteiger partial charge on any atom is -0.466 e. The van der Waals surface area contributed by atoms with Gasteiger partial charge in [0.2, 0.25) is 0 Å². The van der Waals surface area contributed by atoms with E-state index in [2.05, 4.69) is 42.2 Å². The Hall–Kier alpha value is -1.86. The third kappa shape index (κ3) is 6.80. The highest BCUT2D eigenvalue weighted by Crippen LogP contribution is 2.38. The molecule has 1 aliphatic rings. The van der Waals surface area contributed by atoms with Crippen molar-refractivity contribution >= 4 is 5.97 Å².